The zero-order valence-electron chi connectivity index (χ0n) is 29.5. The van der Waals surface area contributed by atoms with E-state index in [9.17, 15) is 19.3 Å². The molecule has 16 nitrogen and oxygen atoms in total. The molecule has 3 aromatic rings. The maximum Gasteiger partial charge on any atom is 0.405 e. The number of nitrogens with two attached hydrogens (primary N) is 2. The van der Waals surface area contributed by atoms with Gasteiger partial charge in [0.15, 0.2) is 22.5 Å². The van der Waals surface area contributed by atoms with Gasteiger partial charge in [-0.25, -0.2) is 14.6 Å². The average molecular weight is 772 g/mol. The third kappa shape index (κ3) is 10.2. The number of carbonyl (C=O) groups excluding carboxylic acids is 2. The van der Waals surface area contributed by atoms with Crippen LogP contribution in [0.5, 0.6) is 5.88 Å². The fourth-order valence-electron chi connectivity index (χ4n) is 4.92. The van der Waals surface area contributed by atoms with Gasteiger partial charge in [0.1, 0.15) is 29.7 Å². The minimum Gasteiger partial charge on any atom is -0.476 e. The largest absolute Gasteiger partial charge is 0.476 e. The van der Waals surface area contributed by atoms with Gasteiger partial charge in [0, 0.05) is 12.3 Å². The summed E-state index contributed by atoms with van der Waals surface area (Å²) >= 11 is 7.81. The Bertz CT molecular complexity index is 1700. The zero-order valence-corrected chi connectivity index (χ0v) is 32.0. The molecule has 0 radical (unpaired) electrons. The Morgan fingerprint density at radius 1 is 1.24 bits per heavy atom. The van der Waals surface area contributed by atoms with Gasteiger partial charge in [-0.2, -0.15) is 9.97 Å². The number of thioether (sulfide) groups is 1. The van der Waals surface area contributed by atoms with Crippen LogP contribution in [-0.2, 0) is 39.2 Å². The summed E-state index contributed by atoms with van der Waals surface area (Å²) in [4.78, 5) is 36.5. The van der Waals surface area contributed by atoms with E-state index in [1.165, 1.54) is 10.9 Å². The summed E-state index contributed by atoms with van der Waals surface area (Å²) < 4.78 is 44.1. The first-order valence-electron chi connectivity index (χ1n) is 16.4. The molecular weight excluding hydrogens is 725 g/mol. The molecule has 19 heteroatoms. The van der Waals surface area contributed by atoms with E-state index in [0.29, 0.717) is 12.1 Å². The molecule has 0 amide bonds. The lowest BCUT2D eigenvalue weighted by Gasteiger charge is -2.26. The quantitative estimate of drug-likeness (QED) is 0.0624. The third-order valence-electron chi connectivity index (χ3n) is 8.08. The van der Waals surface area contributed by atoms with Crippen LogP contribution in [0.4, 0.5) is 5.95 Å². The molecule has 1 fully saturated rings. The van der Waals surface area contributed by atoms with Crippen molar-refractivity contribution >= 4 is 59.3 Å². The van der Waals surface area contributed by atoms with Crippen molar-refractivity contribution in [2.75, 3.05) is 37.9 Å². The Morgan fingerprint density at radius 2 is 1.94 bits per heavy atom. The van der Waals surface area contributed by atoms with Gasteiger partial charge in [0.2, 0.25) is 11.8 Å². The standard InChI is InChI=1S/C32H47ClN7O9PS/c1-7-45-26-23-25(38-30(35)39-26)40(18-36-23)28-32(6,33)24(41)21(49-28)16-48-50(44,37-15-20-11-9-8-10-12-20)47-13-14-51-29(43)31(4,5)17-46-27(42)22(34)19(2)3/h8-12,18-19,21-22,24,28,41H,7,13-17,34H2,1-6H3,(H,37,44)(H2,35,38,39)/t21-,22-,24-,28-,32-,50?/m1/s1. The molecule has 282 valence electrons. The van der Waals surface area contributed by atoms with E-state index < -0.39 is 48.5 Å². The number of anilines is 1. The predicted octanol–water partition coefficient (Wildman–Crippen LogP) is 3.81. The lowest BCUT2D eigenvalue weighted by atomic mass is 9.97. The van der Waals surface area contributed by atoms with Crippen molar-refractivity contribution in [2.45, 2.75) is 77.4 Å². The number of esters is 1. The summed E-state index contributed by atoms with van der Waals surface area (Å²) in [6.07, 6.45) is -1.92. The number of ether oxygens (including phenoxy) is 3. The Morgan fingerprint density at radius 3 is 2.61 bits per heavy atom. The van der Waals surface area contributed by atoms with Crippen LogP contribution in [0, 0.1) is 11.3 Å². The molecule has 1 aromatic carbocycles. The van der Waals surface area contributed by atoms with Gasteiger partial charge in [-0.05, 0) is 39.2 Å². The number of rotatable bonds is 18. The van der Waals surface area contributed by atoms with Crippen LogP contribution in [0.15, 0.2) is 36.7 Å². The van der Waals surface area contributed by atoms with Crippen LogP contribution >= 0.6 is 31.1 Å². The number of fused-ring (bicyclic) bond motifs is 1. The number of carbonyl (C=O) groups is 2. The number of imidazole rings is 1. The smallest absolute Gasteiger partial charge is 0.405 e. The highest BCUT2D eigenvalue weighted by Gasteiger charge is 2.54. The lowest BCUT2D eigenvalue weighted by Crippen LogP contribution is -2.40. The fraction of sp³-hybridized carbons (Fsp3) is 0.594. The van der Waals surface area contributed by atoms with Gasteiger partial charge >= 0.3 is 13.7 Å². The van der Waals surface area contributed by atoms with E-state index in [2.05, 4.69) is 20.0 Å². The van der Waals surface area contributed by atoms with Crippen molar-refractivity contribution in [2.24, 2.45) is 17.1 Å². The van der Waals surface area contributed by atoms with Gasteiger partial charge in [0.05, 0.1) is 31.6 Å². The Labute approximate surface area is 306 Å². The summed E-state index contributed by atoms with van der Waals surface area (Å²) in [5.41, 5.74) is 12.2. The number of aliphatic hydroxyl groups is 1. The topological polar surface area (TPSA) is 225 Å². The second-order valence-corrected chi connectivity index (χ2v) is 16.8. The molecule has 0 aliphatic carbocycles. The molecule has 4 rings (SSSR count). The molecule has 1 aliphatic heterocycles. The zero-order chi connectivity index (χ0) is 37.6. The first-order chi connectivity index (χ1) is 24.0. The number of hydrogen-bond acceptors (Lipinski definition) is 15. The number of hydrogen-bond donors (Lipinski definition) is 4. The SMILES string of the molecule is CCOc1nc(N)nc2c1ncn2[C@@H]1O[C@H](COP(=O)(NCc2ccccc2)OCCSC(=O)C(C)(C)COC(=O)[C@H](N)C(C)C)[C@@H](O)[C@@]1(C)Cl. The van der Waals surface area contributed by atoms with Crippen molar-refractivity contribution in [3.63, 3.8) is 0 Å². The summed E-state index contributed by atoms with van der Waals surface area (Å²) in [5, 5.41) is 13.9. The number of aliphatic hydroxyl groups excluding tert-OH is 1. The fourth-order valence-corrected chi connectivity index (χ4v) is 7.45. The van der Waals surface area contributed by atoms with Crippen molar-refractivity contribution in [1.82, 2.24) is 24.6 Å². The summed E-state index contributed by atoms with van der Waals surface area (Å²) in [7, 11) is -4.06. The normalized spacial score (nSPS) is 22.6. The van der Waals surface area contributed by atoms with E-state index in [4.69, 9.17) is 46.3 Å². The van der Waals surface area contributed by atoms with Crippen LogP contribution in [-0.4, -0.2) is 91.0 Å². The van der Waals surface area contributed by atoms with Crippen molar-refractivity contribution in [3.05, 3.63) is 42.2 Å². The summed E-state index contributed by atoms with van der Waals surface area (Å²) in [6.45, 7) is 10.1. The average Bonchev–Trinajstić information content (AvgIpc) is 3.60. The highest BCUT2D eigenvalue weighted by Crippen LogP contribution is 2.48. The predicted molar refractivity (Wildman–Crippen MR) is 193 cm³/mol. The number of halogens is 1. The van der Waals surface area contributed by atoms with Crippen molar-refractivity contribution < 1.29 is 42.5 Å². The van der Waals surface area contributed by atoms with E-state index >= 15 is 0 Å². The van der Waals surface area contributed by atoms with Crippen LogP contribution in [0.2, 0.25) is 0 Å². The maximum absolute atomic E-state index is 14.0. The second-order valence-electron chi connectivity index (χ2n) is 13.1. The van der Waals surface area contributed by atoms with E-state index in [0.717, 1.165) is 17.3 Å². The number of alkyl halides is 1. The van der Waals surface area contributed by atoms with Gasteiger partial charge in [-0.15, -0.1) is 11.6 Å². The Hall–Kier alpha value is -2.86. The third-order valence-corrected chi connectivity index (χ3v) is 11.2. The molecule has 0 spiro atoms. The van der Waals surface area contributed by atoms with Gasteiger partial charge in [0.25, 0.3) is 0 Å². The lowest BCUT2D eigenvalue weighted by molar-refractivity contribution is -0.150. The van der Waals surface area contributed by atoms with Crippen LogP contribution in [0.1, 0.15) is 53.3 Å². The molecule has 1 aliphatic rings. The van der Waals surface area contributed by atoms with Crippen LogP contribution < -0.4 is 21.3 Å². The van der Waals surface area contributed by atoms with E-state index in [1.54, 1.807) is 41.5 Å². The van der Waals surface area contributed by atoms with Crippen molar-refractivity contribution in [1.29, 1.82) is 0 Å². The summed E-state index contributed by atoms with van der Waals surface area (Å²) in [6, 6.07) is 8.41. The van der Waals surface area contributed by atoms with Gasteiger partial charge in [-0.1, -0.05) is 55.9 Å². The molecule has 3 heterocycles. The summed E-state index contributed by atoms with van der Waals surface area (Å²) in [5.74, 6) is -0.430. The first kappa shape index (κ1) is 40.9. The van der Waals surface area contributed by atoms with E-state index in [1.807, 2.05) is 30.3 Å². The minimum absolute atomic E-state index is 0.0526. The first-order valence-corrected chi connectivity index (χ1v) is 19.3. The Balaban J connectivity index is 1.41. The number of nitrogens with zero attached hydrogens (tertiary/aromatic N) is 4. The highest BCUT2D eigenvalue weighted by atomic mass is 35.5. The molecule has 1 unspecified atom stereocenters. The molecule has 2 aromatic heterocycles. The molecule has 6 atom stereocenters. The molecule has 1 saturated heterocycles. The Kier molecular flexibility index (Phi) is 13.9. The highest BCUT2D eigenvalue weighted by molar-refractivity contribution is 8.13. The molecule has 51 heavy (non-hydrogen) atoms. The number of aromatic nitrogens is 4. The van der Waals surface area contributed by atoms with Gasteiger partial charge < -0.3 is 30.8 Å². The van der Waals surface area contributed by atoms with E-state index in [-0.39, 0.29) is 60.6 Å². The number of benzene rings is 1. The number of nitrogen functional groups attached to an aromatic ring is 1. The van der Waals surface area contributed by atoms with Crippen LogP contribution in [0.25, 0.3) is 11.2 Å². The maximum atomic E-state index is 14.0. The molecular formula is C32H47ClN7O9PS. The second kappa shape index (κ2) is 17.3. The monoisotopic (exact) mass is 771 g/mol. The van der Waals surface area contributed by atoms with Gasteiger partial charge in [-0.3, -0.25) is 23.2 Å². The minimum atomic E-state index is -4.06. The van der Waals surface area contributed by atoms with Crippen molar-refractivity contribution in [3.8, 4) is 5.88 Å². The van der Waals surface area contributed by atoms with Crippen LogP contribution in [0.3, 0.4) is 0 Å². The molecule has 0 saturated carbocycles. The molecule has 0 bridgehead atoms. The number of nitrogens with one attached hydrogen (secondary N) is 1. The molecule has 6 N–H and O–H groups in total.